The molecule has 1 aliphatic rings. The second-order valence-corrected chi connectivity index (χ2v) is 8.85. The number of nitrogens with zero attached hydrogens (tertiary/aromatic N) is 3. The summed E-state index contributed by atoms with van der Waals surface area (Å²) in [6, 6.07) is 13.6. The van der Waals surface area contributed by atoms with E-state index < -0.39 is 11.2 Å². The van der Waals surface area contributed by atoms with Gasteiger partial charge in [0.25, 0.3) is 0 Å². The van der Waals surface area contributed by atoms with E-state index in [1.807, 2.05) is 30.3 Å². The second kappa shape index (κ2) is 9.72. The van der Waals surface area contributed by atoms with Gasteiger partial charge in [0.1, 0.15) is 5.82 Å². The standard InChI is InChI=1S/C23H22BrFN6O3/c1-14(32)31-11-9-23(10-12-31,15-5-3-2-4-6-15)22(33)28-21-19(29-34-30-21)20(26)27-16-7-8-18(25)17(24)13-16/h2-8,13H,9-12H2,1H3,(H2,26,27)(H,28,30,33). The summed E-state index contributed by atoms with van der Waals surface area (Å²) in [6.07, 6.45) is 0.866. The Balaban J connectivity index is 1.56. The van der Waals surface area contributed by atoms with Gasteiger partial charge in [-0.1, -0.05) is 30.3 Å². The molecule has 11 heteroatoms. The predicted octanol–water partition coefficient (Wildman–Crippen LogP) is 3.93. The summed E-state index contributed by atoms with van der Waals surface area (Å²) in [6.45, 7) is 2.40. The van der Waals surface area contributed by atoms with Gasteiger partial charge in [-0.2, -0.15) is 0 Å². The Morgan fingerprint density at radius 1 is 1.12 bits per heavy atom. The summed E-state index contributed by atoms with van der Waals surface area (Å²) in [4.78, 5) is 27.2. The quantitative estimate of drug-likeness (QED) is 0.340. The van der Waals surface area contributed by atoms with Crippen LogP contribution in [0.1, 0.15) is 31.0 Å². The lowest BCUT2D eigenvalue weighted by Gasteiger charge is -2.40. The molecule has 0 atom stereocenters. The molecular formula is C23H22BrFN6O3. The maximum atomic E-state index is 13.6. The fraction of sp³-hybridized carbons (Fsp3) is 0.261. The first-order valence-electron chi connectivity index (χ1n) is 10.6. The molecule has 4 rings (SSSR count). The zero-order chi connectivity index (χ0) is 24.3. The molecule has 0 spiro atoms. The first-order valence-corrected chi connectivity index (χ1v) is 11.4. The van der Waals surface area contributed by atoms with Crippen molar-refractivity contribution in [3.05, 3.63) is 70.1 Å². The number of piperidine rings is 1. The van der Waals surface area contributed by atoms with Gasteiger partial charge in [0.15, 0.2) is 11.5 Å². The van der Waals surface area contributed by atoms with Crippen LogP contribution in [0.15, 0.2) is 57.6 Å². The molecule has 0 saturated carbocycles. The van der Waals surface area contributed by atoms with Crippen LogP contribution in [0.25, 0.3) is 0 Å². The normalized spacial score (nSPS) is 15.0. The molecular weight excluding hydrogens is 507 g/mol. The highest BCUT2D eigenvalue weighted by molar-refractivity contribution is 9.10. The number of carbonyl (C=O) groups excluding carboxylic acids is 2. The van der Waals surface area contributed by atoms with E-state index >= 15 is 0 Å². The summed E-state index contributed by atoms with van der Waals surface area (Å²) in [5.74, 6) is -0.980. The van der Waals surface area contributed by atoms with Crippen molar-refractivity contribution in [2.45, 2.75) is 25.2 Å². The molecule has 2 amide bonds. The van der Waals surface area contributed by atoms with E-state index in [2.05, 4.69) is 36.9 Å². The number of benzene rings is 2. The van der Waals surface area contributed by atoms with Crippen LogP contribution in [-0.4, -0.2) is 46.0 Å². The molecule has 1 fully saturated rings. The predicted molar refractivity (Wildman–Crippen MR) is 127 cm³/mol. The van der Waals surface area contributed by atoms with Crippen LogP contribution in [0, 0.1) is 11.2 Å². The van der Waals surface area contributed by atoms with E-state index in [1.54, 1.807) is 4.90 Å². The number of aromatic nitrogens is 2. The van der Waals surface area contributed by atoms with Crippen LogP contribution >= 0.6 is 15.9 Å². The van der Waals surface area contributed by atoms with Gasteiger partial charge in [-0.25, -0.2) is 9.02 Å². The summed E-state index contributed by atoms with van der Waals surface area (Å²) >= 11 is 3.10. The summed E-state index contributed by atoms with van der Waals surface area (Å²) in [7, 11) is 0. The van der Waals surface area contributed by atoms with Crippen molar-refractivity contribution in [3.8, 4) is 0 Å². The Labute approximate surface area is 203 Å². The Kier molecular flexibility index (Phi) is 6.73. The van der Waals surface area contributed by atoms with Gasteiger partial charge in [-0.15, -0.1) is 0 Å². The molecule has 34 heavy (non-hydrogen) atoms. The summed E-state index contributed by atoms with van der Waals surface area (Å²) in [5, 5.41) is 21.4. The SMILES string of the molecule is CC(=O)N1CCC(C(=O)Nc2nonc2C(=N)Nc2ccc(F)c(Br)c2)(c2ccccc2)CC1. The average Bonchev–Trinajstić information content (AvgIpc) is 3.30. The highest BCUT2D eigenvalue weighted by Crippen LogP contribution is 2.37. The highest BCUT2D eigenvalue weighted by Gasteiger charge is 2.44. The van der Waals surface area contributed by atoms with E-state index in [4.69, 9.17) is 10.0 Å². The molecule has 3 N–H and O–H groups in total. The lowest BCUT2D eigenvalue weighted by molar-refractivity contribution is -0.133. The maximum absolute atomic E-state index is 13.6. The Morgan fingerprint density at radius 3 is 2.47 bits per heavy atom. The molecule has 3 aromatic rings. The smallest absolute Gasteiger partial charge is 0.236 e. The van der Waals surface area contributed by atoms with Gasteiger partial charge in [-0.05, 0) is 62.8 Å². The monoisotopic (exact) mass is 528 g/mol. The van der Waals surface area contributed by atoms with E-state index in [-0.39, 0.29) is 33.6 Å². The van der Waals surface area contributed by atoms with Gasteiger partial charge in [0, 0.05) is 25.7 Å². The number of rotatable bonds is 5. The number of amides is 2. The van der Waals surface area contributed by atoms with Crippen LogP contribution in [-0.2, 0) is 15.0 Å². The molecule has 176 valence electrons. The summed E-state index contributed by atoms with van der Waals surface area (Å²) < 4.78 is 18.5. The molecule has 1 aromatic heterocycles. The van der Waals surface area contributed by atoms with Gasteiger partial charge in [0.05, 0.1) is 9.89 Å². The van der Waals surface area contributed by atoms with Crippen LogP contribution in [0.5, 0.6) is 0 Å². The van der Waals surface area contributed by atoms with E-state index in [1.165, 1.54) is 25.1 Å². The van der Waals surface area contributed by atoms with Crippen molar-refractivity contribution in [1.29, 1.82) is 5.41 Å². The average molecular weight is 529 g/mol. The van der Waals surface area contributed by atoms with Gasteiger partial charge >= 0.3 is 0 Å². The van der Waals surface area contributed by atoms with Gasteiger partial charge in [0.2, 0.25) is 17.6 Å². The lowest BCUT2D eigenvalue weighted by Crippen LogP contribution is -2.50. The molecule has 0 unspecified atom stereocenters. The first kappa shape index (κ1) is 23.6. The minimum Gasteiger partial charge on any atom is -0.343 e. The molecule has 9 nitrogen and oxygen atoms in total. The molecule has 2 heterocycles. The number of amidine groups is 1. The third kappa shape index (κ3) is 4.69. The minimum absolute atomic E-state index is 0.00168. The van der Waals surface area contributed by atoms with Crippen molar-refractivity contribution in [2.24, 2.45) is 0 Å². The molecule has 2 aromatic carbocycles. The van der Waals surface area contributed by atoms with E-state index in [0.29, 0.717) is 31.6 Å². The molecule has 1 saturated heterocycles. The third-order valence-electron chi connectivity index (χ3n) is 5.97. The fourth-order valence-electron chi connectivity index (χ4n) is 4.05. The van der Waals surface area contributed by atoms with E-state index in [9.17, 15) is 14.0 Å². The minimum atomic E-state index is -0.888. The van der Waals surface area contributed by atoms with Crippen molar-refractivity contribution in [3.63, 3.8) is 0 Å². The van der Waals surface area contributed by atoms with Crippen LogP contribution in [0.3, 0.4) is 0 Å². The van der Waals surface area contributed by atoms with Crippen LogP contribution < -0.4 is 10.6 Å². The zero-order valence-corrected chi connectivity index (χ0v) is 19.9. The number of anilines is 2. The largest absolute Gasteiger partial charge is 0.343 e. The van der Waals surface area contributed by atoms with E-state index in [0.717, 1.165) is 5.56 Å². The van der Waals surface area contributed by atoms with Crippen molar-refractivity contribution >= 4 is 45.1 Å². The maximum Gasteiger partial charge on any atom is 0.236 e. The number of hydrogen-bond donors (Lipinski definition) is 3. The number of likely N-dealkylation sites (tertiary alicyclic amines) is 1. The Morgan fingerprint density at radius 2 is 1.82 bits per heavy atom. The summed E-state index contributed by atoms with van der Waals surface area (Å²) in [5.41, 5.74) is 0.382. The van der Waals surface area contributed by atoms with Crippen LogP contribution in [0.4, 0.5) is 15.9 Å². The van der Waals surface area contributed by atoms with Crippen molar-refractivity contribution in [2.75, 3.05) is 23.7 Å². The molecule has 0 bridgehead atoms. The highest BCUT2D eigenvalue weighted by atomic mass is 79.9. The Hall–Kier alpha value is -3.60. The molecule has 0 aliphatic carbocycles. The third-order valence-corrected chi connectivity index (χ3v) is 6.58. The topological polar surface area (TPSA) is 124 Å². The lowest BCUT2D eigenvalue weighted by atomic mass is 9.72. The van der Waals surface area contributed by atoms with Crippen molar-refractivity contribution < 1.29 is 18.6 Å². The first-order chi connectivity index (χ1) is 16.3. The van der Waals surface area contributed by atoms with Crippen molar-refractivity contribution in [1.82, 2.24) is 15.2 Å². The number of halogens is 2. The Bertz CT molecular complexity index is 1220. The number of hydrogen-bond acceptors (Lipinski definition) is 6. The molecule has 0 radical (unpaired) electrons. The zero-order valence-electron chi connectivity index (χ0n) is 18.3. The van der Waals surface area contributed by atoms with Crippen LogP contribution in [0.2, 0.25) is 0 Å². The number of nitrogens with one attached hydrogen (secondary N) is 3. The van der Waals surface area contributed by atoms with Gasteiger partial charge < -0.3 is 15.5 Å². The second-order valence-electron chi connectivity index (χ2n) is 8.00. The number of carbonyl (C=O) groups is 2. The molecule has 1 aliphatic heterocycles. The fourth-order valence-corrected chi connectivity index (χ4v) is 4.43. The van der Waals surface area contributed by atoms with Gasteiger partial charge in [-0.3, -0.25) is 15.0 Å².